The first-order valence-electron chi connectivity index (χ1n) is 6.61. The summed E-state index contributed by atoms with van der Waals surface area (Å²) >= 11 is 1.68. The van der Waals surface area contributed by atoms with Crippen molar-refractivity contribution in [3.63, 3.8) is 0 Å². The number of rotatable bonds is 1. The van der Waals surface area contributed by atoms with Crippen LogP contribution in [0, 0.1) is 6.92 Å². The molecule has 5 heteroatoms. The van der Waals surface area contributed by atoms with E-state index in [4.69, 9.17) is 4.74 Å². The van der Waals surface area contributed by atoms with E-state index in [-0.39, 0.29) is 12.1 Å². The fourth-order valence-electron chi connectivity index (χ4n) is 2.23. The topological polar surface area (TPSA) is 41.6 Å². The molecule has 0 spiro atoms. The molecular formula is C14H22N2O2S. The summed E-state index contributed by atoms with van der Waals surface area (Å²) in [5, 5.41) is 7.60. The summed E-state index contributed by atoms with van der Waals surface area (Å²) in [5.41, 5.74) is 2.02. The fraction of sp³-hybridized carbons (Fsp3) is 0.643. The molecule has 1 aromatic rings. The van der Waals surface area contributed by atoms with Crippen LogP contribution in [-0.4, -0.2) is 36.2 Å². The van der Waals surface area contributed by atoms with Gasteiger partial charge in [-0.15, -0.1) is 0 Å². The van der Waals surface area contributed by atoms with Crippen molar-refractivity contribution < 1.29 is 9.53 Å². The fourth-order valence-corrected chi connectivity index (χ4v) is 3.13. The van der Waals surface area contributed by atoms with Crippen molar-refractivity contribution in [2.75, 3.05) is 19.6 Å². The Kier molecular flexibility index (Phi) is 4.16. The van der Waals surface area contributed by atoms with Crippen LogP contribution in [0.15, 0.2) is 10.8 Å². The van der Waals surface area contributed by atoms with E-state index in [2.05, 4.69) is 23.0 Å². The number of nitrogens with zero attached hydrogens (tertiary/aromatic N) is 1. The number of carbonyl (C=O) groups is 1. The maximum atomic E-state index is 12.3. The Morgan fingerprint density at radius 3 is 2.79 bits per heavy atom. The average molecular weight is 282 g/mol. The molecule has 1 amide bonds. The summed E-state index contributed by atoms with van der Waals surface area (Å²) in [5.74, 6) is 0. The highest BCUT2D eigenvalue weighted by Gasteiger charge is 2.32. The van der Waals surface area contributed by atoms with Crippen LogP contribution in [0.25, 0.3) is 0 Å². The molecule has 1 aromatic heterocycles. The van der Waals surface area contributed by atoms with Gasteiger partial charge < -0.3 is 10.1 Å². The second-order valence-electron chi connectivity index (χ2n) is 5.90. The predicted octanol–water partition coefficient (Wildman–Crippen LogP) is 2.94. The van der Waals surface area contributed by atoms with Crippen molar-refractivity contribution in [2.24, 2.45) is 0 Å². The third-order valence-corrected chi connectivity index (χ3v) is 4.01. The van der Waals surface area contributed by atoms with Crippen LogP contribution in [0.3, 0.4) is 0 Å². The lowest BCUT2D eigenvalue weighted by atomic mass is 10.0. The summed E-state index contributed by atoms with van der Waals surface area (Å²) in [6.07, 6.45) is -0.218. The first kappa shape index (κ1) is 14.3. The summed E-state index contributed by atoms with van der Waals surface area (Å²) < 4.78 is 5.51. The molecule has 0 aromatic carbocycles. The van der Waals surface area contributed by atoms with Crippen LogP contribution in [0.2, 0.25) is 0 Å². The number of carbonyl (C=O) groups excluding carboxylic acids is 1. The smallest absolute Gasteiger partial charge is 0.410 e. The molecular weight excluding hydrogens is 260 g/mol. The van der Waals surface area contributed by atoms with Gasteiger partial charge in [-0.25, -0.2) is 4.79 Å². The van der Waals surface area contributed by atoms with Gasteiger partial charge >= 0.3 is 6.09 Å². The SMILES string of the molecule is Cc1cscc1C1CNCCN1C(=O)OC(C)(C)C. The molecule has 1 fully saturated rings. The summed E-state index contributed by atoms with van der Waals surface area (Å²) in [6.45, 7) is 10.1. The normalized spacial score (nSPS) is 20.4. The van der Waals surface area contributed by atoms with Crippen molar-refractivity contribution in [1.82, 2.24) is 10.2 Å². The van der Waals surface area contributed by atoms with Crippen molar-refractivity contribution >= 4 is 17.4 Å². The van der Waals surface area contributed by atoms with Crippen LogP contribution in [0.4, 0.5) is 4.79 Å². The number of thiophene rings is 1. The molecule has 1 unspecified atom stereocenters. The lowest BCUT2D eigenvalue weighted by Crippen LogP contribution is -2.50. The van der Waals surface area contributed by atoms with Gasteiger partial charge in [0.15, 0.2) is 0 Å². The van der Waals surface area contributed by atoms with Crippen molar-refractivity contribution in [1.29, 1.82) is 0 Å². The third-order valence-electron chi connectivity index (χ3n) is 3.13. The quantitative estimate of drug-likeness (QED) is 0.861. The van der Waals surface area contributed by atoms with E-state index in [1.807, 2.05) is 25.7 Å². The Bertz CT molecular complexity index is 451. The van der Waals surface area contributed by atoms with E-state index >= 15 is 0 Å². The van der Waals surface area contributed by atoms with Crippen molar-refractivity contribution in [2.45, 2.75) is 39.3 Å². The van der Waals surface area contributed by atoms with Crippen molar-refractivity contribution in [3.8, 4) is 0 Å². The molecule has 2 heterocycles. The molecule has 19 heavy (non-hydrogen) atoms. The lowest BCUT2D eigenvalue weighted by molar-refractivity contribution is 0.0118. The molecule has 4 nitrogen and oxygen atoms in total. The van der Waals surface area contributed by atoms with Gasteiger partial charge in [0.05, 0.1) is 6.04 Å². The number of amides is 1. The molecule has 1 aliphatic heterocycles. The number of aryl methyl sites for hydroxylation is 1. The molecule has 2 rings (SSSR count). The van der Waals surface area contributed by atoms with Gasteiger partial charge in [-0.05, 0) is 49.6 Å². The lowest BCUT2D eigenvalue weighted by Gasteiger charge is -2.37. The molecule has 0 radical (unpaired) electrons. The minimum absolute atomic E-state index is 0.0786. The van der Waals surface area contributed by atoms with Gasteiger partial charge in [-0.3, -0.25) is 4.90 Å². The molecule has 106 valence electrons. The Morgan fingerprint density at radius 2 is 2.21 bits per heavy atom. The zero-order valence-electron chi connectivity index (χ0n) is 12.0. The average Bonchev–Trinajstić information content (AvgIpc) is 2.73. The molecule has 0 saturated carbocycles. The number of nitrogens with one attached hydrogen (secondary N) is 1. The second-order valence-corrected chi connectivity index (χ2v) is 6.65. The maximum Gasteiger partial charge on any atom is 0.410 e. The largest absolute Gasteiger partial charge is 0.444 e. The van der Waals surface area contributed by atoms with Crippen LogP contribution >= 0.6 is 11.3 Å². The first-order valence-corrected chi connectivity index (χ1v) is 7.56. The highest BCUT2D eigenvalue weighted by atomic mass is 32.1. The predicted molar refractivity (Wildman–Crippen MR) is 77.6 cm³/mol. The Balaban J connectivity index is 2.17. The molecule has 1 N–H and O–H groups in total. The first-order chi connectivity index (χ1) is 8.88. The molecule has 0 aliphatic carbocycles. The number of ether oxygens (including phenoxy) is 1. The zero-order chi connectivity index (χ0) is 14.0. The minimum Gasteiger partial charge on any atom is -0.444 e. The minimum atomic E-state index is -0.448. The Morgan fingerprint density at radius 1 is 1.47 bits per heavy atom. The van der Waals surface area contributed by atoms with Gasteiger partial charge in [0.25, 0.3) is 0 Å². The maximum absolute atomic E-state index is 12.3. The Labute approximate surface area is 118 Å². The van der Waals surface area contributed by atoms with Gasteiger partial charge in [-0.1, -0.05) is 0 Å². The molecule has 0 bridgehead atoms. The van der Waals surface area contributed by atoms with E-state index < -0.39 is 5.60 Å². The van der Waals surface area contributed by atoms with Gasteiger partial charge in [-0.2, -0.15) is 11.3 Å². The van der Waals surface area contributed by atoms with E-state index in [1.54, 1.807) is 11.3 Å². The summed E-state index contributed by atoms with van der Waals surface area (Å²) in [6, 6.07) is 0.0786. The van der Waals surface area contributed by atoms with E-state index in [0.29, 0.717) is 6.54 Å². The number of hydrogen-bond acceptors (Lipinski definition) is 4. The highest BCUT2D eigenvalue weighted by Crippen LogP contribution is 2.29. The molecule has 1 saturated heterocycles. The monoisotopic (exact) mass is 282 g/mol. The van der Waals surface area contributed by atoms with Gasteiger partial charge in [0.1, 0.15) is 5.60 Å². The molecule has 1 aliphatic rings. The van der Waals surface area contributed by atoms with E-state index in [1.165, 1.54) is 11.1 Å². The van der Waals surface area contributed by atoms with Crippen LogP contribution in [0.1, 0.15) is 37.9 Å². The second kappa shape index (κ2) is 5.51. The van der Waals surface area contributed by atoms with E-state index in [0.717, 1.165) is 13.1 Å². The standard InChI is InChI=1S/C14H22N2O2S/c1-10-8-19-9-11(10)12-7-15-5-6-16(12)13(17)18-14(2,3)4/h8-9,12,15H,5-7H2,1-4H3. The van der Waals surface area contributed by atoms with Gasteiger partial charge in [0.2, 0.25) is 0 Å². The number of hydrogen-bond donors (Lipinski definition) is 1. The zero-order valence-corrected chi connectivity index (χ0v) is 12.8. The summed E-state index contributed by atoms with van der Waals surface area (Å²) in [4.78, 5) is 14.2. The third kappa shape index (κ3) is 3.48. The number of piperazine rings is 1. The van der Waals surface area contributed by atoms with Crippen LogP contribution in [-0.2, 0) is 4.74 Å². The van der Waals surface area contributed by atoms with Gasteiger partial charge in [0, 0.05) is 19.6 Å². The Hall–Kier alpha value is -1.07. The highest BCUT2D eigenvalue weighted by molar-refractivity contribution is 7.08. The van der Waals surface area contributed by atoms with Crippen LogP contribution < -0.4 is 5.32 Å². The van der Waals surface area contributed by atoms with E-state index in [9.17, 15) is 4.79 Å². The van der Waals surface area contributed by atoms with Crippen molar-refractivity contribution in [3.05, 3.63) is 21.9 Å². The summed E-state index contributed by atoms with van der Waals surface area (Å²) in [7, 11) is 0. The van der Waals surface area contributed by atoms with Crippen LogP contribution in [0.5, 0.6) is 0 Å². The molecule has 1 atom stereocenters.